The third-order valence-corrected chi connectivity index (χ3v) is 6.93. The van der Waals surface area contributed by atoms with E-state index in [4.69, 9.17) is 4.98 Å². The number of amides is 1. The lowest BCUT2D eigenvalue weighted by Gasteiger charge is -2.35. The number of carbonyl (C=O) groups is 1. The van der Waals surface area contributed by atoms with Crippen molar-refractivity contribution in [3.63, 3.8) is 0 Å². The SMILES string of the molecule is Cc1sc2nc(C(C)N3CCC(C(=O)NC4CC4)CC3)[nH]c(=O)c2c1C. The van der Waals surface area contributed by atoms with Crippen LogP contribution >= 0.6 is 11.3 Å². The Balaban J connectivity index is 1.46. The van der Waals surface area contributed by atoms with E-state index < -0.39 is 0 Å². The first kappa shape index (κ1) is 17.7. The molecule has 1 saturated carbocycles. The number of aryl methyl sites for hydroxylation is 2. The molecule has 2 N–H and O–H groups in total. The monoisotopic (exact) mass is 374 g/mol. The van der Waals surface area contributed by atoms with E-state index in [0.717, 1.165) is 65.3 Å². The molecule has 1 aliphatic heterocycles. The Morgan fingerprint density at radius 2 is 1.96 bits per heavy atom. The van der Waals surface area contributed by atoms with Gasteiger partial charge >= 0.3 is 0 Å². The summed E-state index contributed by atoms with van der Waals surface area (Å²) in [5.74, 6) is 1.07. The minimum Gasteiger partial charge on any atom is -0.353 e. The second kappa shape index (κ2) is 6.78. The van der Waals surface area contributed by atoms with Gasteiger partial charge in [-0.05, 0) is 65.1 Å². The third-order valence-electron chi connectivity index (χ3n) is 5.82. The number of thiophene rings is 1. The van der Waals surface area contributed by atoms with Gasteiger partial charge < -0.3 is 10.3 Å². The van der Waals surface area contributed by atoms with E-state index in [9.17, 15) is 9.59 Å². The van der Waals surface area contributed by atoms with Crippen molar-refractivity contribution in [2.24, 2.45) is 5.92 Å². The van der Waals surface area contributed by atoms with E-state index in [1.165, 1.54) is 0 Å². The first-order valence-corrected chi connectivity index (χ1v) is 10.3. The molecule has 6 nitrogen and oxygen atoms in total. The number of rotatable bonds is 4. The molecule has 26 heavy (non-hydrogen) atoms. The Morgan fingerprint density at radius 3 is 2.62 bits per heavy atom. The van der Waals surface area contributed by atoms with Gasteiger partial charge in [-0.25, -0.2) is 4.98 Å². The summed E-state index contributed by atoms with van der Waals surface area (Å²) < 4.78 is 0. The highest BCUT2D eigenvalue weighted by Crippen LogP contribution is 2.29. The number of fused-ring (bicyclic) bond motifs is 1. The third kappa shape index (κ3) is 3.30. The van der Waals surface area contributed by atoms with Crippen LogP contribution in [-0.4, -0.2) is 39.9 Å². The molecule has 0 spiro atoms. The van der Waals surface area contributed by atoms with Gasteiger partial charge in [0, 0.05) is 16.8 Å². The standard InChI is InChI=1S/C19H26N4O2S/c1-10-12(3)26-19-15(10)18(25)21-16(22-19)11(2)23-8-6-13(7-9-23)17(24)20-14-4-5-14/h11,13-14H,4-9H2,1-3H3,(H,20,24)(H,21,22,25). The van der Waals surface area contributed by atoms with Gasteiger partial charge in [0.15, 0.2) is 0 Å². The molecule has 7 heteroatoms. The predicted octanol–water partition coefficient (Wildman–Crippen LogP) is 2.65. The van der Waals surface area contributed by atoms with E-state index >= 15 is 0 Å². The Bertz CT molecular complexity index is 891. The molecule has 0 radical (unpaired) electrons. The highest BCUT2D eigenvalue weighted by atomic mass is 32.1. The first-order chi connectivity index (χ1) is 12.4. The Morgan fingerprint density at radius 1 is 1.27 bits per heavy atom. The molecule has 140 valence electrons. The van der Waals surface area contributed by atoms with Crippen LogP contribution in [0.15, 0.2) is 4.79 Å². The van der Waals surface area contributed by atoms with Crippen LogP contribution in [0.2, 0.25) is 0 Å². The maximum atomic E-state index is 12.5. The van der Waals surface area contributed by atoms with Crippen LogP contribution in [0.1, 0.15) is 54.9 Å². The summed E-state index contributed by atoms with van der Waals surface area (Å²) in [7, 11) is 0. The van der Waals surface area contributed by atoms with E-state index in [2.05, 4.69) is 22.1 Å². The number of carbonyl (C=O) groups excluding carboxylic acids is 1. The van der Waals surface area contributed by atoms with Crippen molar-refractivity contribution in [1.82, 2.24) is 20.2 Å². The van der Waals surface area contributed by atoms with Crippen molar-refractivity contribution in [2.45, 2.75) is 58.5 Å². The summed E-state index contributed by atoms with van der Waals surface area (Å²) in [6, 6.07) is 0.473. The molecule has 0 bridgehead atoms. The number of likely N-dealkylation sites (tertiary alicyclic amines) is 1. The molecular formula is C19H26N4O2S. The summed E-state index contributed by atoms with van der Waals surface area (Å²) in [5.41, 5.74) is 0.984. The second-order valence-corrected chi connectivity index (χ2v) is 8.89. The molecule has 1 aliphatic carbocycles. The zero-order valence-electron chi connectivity index (χ0n) is 15.6. The van der Waals surface area contributed by atoms with E-state index in [0.29, 0.717) is 6.04 Å². The van der Waals surface area contributed by atoms with Gasteiger partial charge in [0.2, 0.25) is 5.91 Å². The average molecular weight is 375 g/mol. The van der Waals surface area contributed by atoms with Crippen LogP contribution in [-0.2, 0) is 4.79 Å². The van der Waals surface area contributed by atoms with Gasteiger partial charge in [-0.2, -0.15) is 0 Å². The Kier molecular flexibility index (Phi) is 4.61. The van der Waals surface area contributed by atoms with E-state index in [1.807, 2.05) is 13.8 Å². The number of aromatic amines is 1. The molecule has 2 aliphatic rings. The smallest absolute Gasteiger partial charge is 0.259 e. The first-order valence-electron chi connectivity index (χ1n) is 9.48. The normalized spacial score (nSPS) is 20.4. The van der Waals surface area contributed by atoms with Gasteiger partial charge in [0.25, 0.3) is 5.56 Å². The van der Waals surface area contributed by atoms with E-state index in [-0.39, 0.29) is 23.4 Å². The highest BCUT2D eigenvalue weighted by molar-refractivity contribution is 7.18. The molecule has 1 unspecified atom stereocenters. The zero-order valence-corrected chi connectivity index (χ0v) is 16.4. The topological polar surface area (TPSA) is 78.1 Å². The average Bonchev–Trinajstić information content (AvgIpc) is 3.39. The molecule has 1 atom stereocenters. The van der Waals surface area contributed by atoms with Crippen molar-refractivity contribution in [3.8, 4) is 0 Å². The molecular weight excluding hydrogens is 348 g/mol. The minimum atomic E-state index is -0.0441. The zero-order chi connectivity index (χ0) is 18.4. The largest absolute Gasteiger partial charge is 0.353 e. The molecule has 4 rings (SSSR count). The Hall–Kier alpha value is -1.73. The molecule has 2 aromatic rings. The minimum absolute atomic E-state index is 0.0438. The summed E-state index contributed by atoms with van der Waals surface area (Å²) in [6.45, 7) is 7.80. The van der Waals surface area contributed by atoms with Crippen molar-refractivity contribution in [2.75, 3.05) is 13.1 Å². The van der Waals surface area contributed by atoms with Crippen molar-refractivity contribution in [3.05, 3.63) is 26.6 Å². The molecule has 2 aromatic heterocycles. The van der Waals surface area contributed by atoms with Gasteiger partial charge in [-0.1, -0.05) is 0 Å². The van der Waals surface area contributed by atoms with Crippen LogP contribution in [0.4, 0.5) is 0 Å². The maximum Gasteiger partial charge on any atom is 0.259 e. The molecule has 1 saturated heterocycles. The predicted molar refractivity (Wildman–Crippen MR) is 104 cm³/mol. The van der Waals surface area contributed by atoms with Gasteiger partial charge in [-0.15, -0.1) is 11.3 Å². The molecule has 0 aromatic carbocycles. The fraction of sp³-hybridized carbons (Fsp3) is 0.632. The highest BCUT2D eigenvalue weighted by Gasteiger charge is 2.31. The van der Waals surface area contributed by atoms with Crippen LogP contribution < -0.4 is 10.9 Å². The van der Waals surface area contributed by atoms with E-state index in [1.54, 1.807) is 11.3 Å². The Labute approximate surface area is 157 Å². The fourth-order valence-electron chi connectivity index (χ4n) is 3.74. The number of hydrogen-bond donors (Lipinski definition) is 2. The maximum absolute atomic E-state index is 12.5. The summed E-state index contributed by atoms with van der Waals surface area (Å²) in [4.78, 5) is 36.8. The lowest BCUT2D eigenvalue weighted by Crippen LogP contribution is -2.42. The lowest BCUT2D eigenvalue weighted by molar-refractivity contribution is -0.126. The number of hydrogen-bond acceptors (Lipinski definition) is 5. The molecule has 1 amide bonds. The van der Waals surface area contributed by atoms with Crippen molar-refractivity contribution >= 4 is 27.5 Å². The van der Waals surface area contributed by atoms with Gasteiger partial charge in [-0.3, -0.25) is 14.5 Å². The second-order valence-electron chi connectivity index (χ2n) is 7.68. The number of aromatic nitrogens is 2. The number of nitrogens with one attached hydrogen (secondary N) is 2. The quantitative estimate of drug-likeness (QED) is 0.862. The van der Waals surface area contributed by atoms with Crippen LogP contribution in [0, 0.1) is 19.8 Å². The molecule has 2 fully saturated rings. The number of nitrogens with zero attached hydrogens (tertiary/aromatic N) is 2. The summed E-state index contributed by atoms with van der Waals surface area (Å²) in [6.07, 6.45) is 3.99. The van der Waals surface area contributed by atoms with Crippen LogP contribution in [0.5, 0.6) is 0 Å². The molecule has 3 heterocycles. The van der Waals surface area contributed by atoms with Crippen LogP contribution in [0.3, 0.4) is 0 Å². The summed E-state index contributed by atoms with van der Waals surface area (Å²) in [5, 5.41) is 3.84. The fourth-order valence-corrected chi connectivity index (χ4v) is 4.77. The van der Waals surface area contributed by atoms with Crippen LogP contribution in [0.25, 0.3) is 10.2 Å². The van der Waals surface area contributed by atoms with Gasteiger partial charge in [0.05, 0.1) is 11.4 Å². The number of H-pyrrole nitrogens is 1. The number of piperidine rings is 1. The van der Waals surface area contributed by atoms with Crippen molar-refractivity contribution < 1.29 is 4.79 Å². The summed E-state index contributed by atoms with van der Waals surface area (Å²) >= 11 is 1.58. The van der Waals surface area contributed by atoms with Crippen molar-refractivity contribution in [1.29, 1.82) is 0 Å². The van der Waals surface area contributed by atoms with Gasteiger partial charge in [0.1, 0.15) is 10.7 Å². The lowest BCUT2D eigenvalue weighted by atomic mass is 9.95.